The van der Waals surface area contributed by atoms with Crippen molar-refractivity contribution in [2.75, 3.05) is 13.1 Å². The van der Waals surface area contributed by atoms with E-state index in [0.29, 0.717) is 24.4 Å². The molecule has 0 spiro atoms. The number of allylic oxidation sites excluding steroid dienone is 1. The topological polar surface area (TPSA) is 58.2 Å². The number of benzene rings is 2. The first-order valence-corrected chi connectivity index (χ1v) is 13.7. The van der Waals surface area contributed by atoms with Crippen molar-refractivity contribution >= 4 is 10.0 Å². The van der Waals surface area contributed by atoms with Crippen molar-refractivity contribution in [2.45, 2.75) is 61.8 Å². The van der Waals surface area contributed by atoms with Crippen molar-refractivity contribution in [2.24, 2.45) is 11.8 Å². The summed E-state index contributed by atoms with van der Waals surface area (Å²) in [5.41, 5.74) is 2.35. The first-order chi connectivity index (χ1) is 16.4. The quantitative estimate of drug-likeness (QED) is 0.470. The highest BCUT2D eigenvalue weighted by Gasteiger charge is 2.30. The summed E-state index contributed by atoms with van der Waals surface area (Å²) < 4.78 is 55.0. The number of fused-ring (bicyclic) bond motifs is 1. The Hall–Kier alpha value is -2.09. The summed E-state index contributed by atoms with van der Waals surface area (Å²) in [6.07, 6.45) is 8.68. The molecule has 2 atom stereocenters. The summed E-state index contributed by atoms with van der Waals surface area (Å²) in [4.78, 5) is -0.293. The average Bonchev–Trinajstić information content (AvgIpc) is 2.83. The molecule has 2 aliphatic carbocycles. The maximum absolute atomic E-state index is 13.9. The number of hydrogen-bond donors (Lipinski definition) is 2. The van der Waals surface area contributed by atoms with E-state index in [1.807, 2.05) is 12.1 Å². The van der Waals surface area contributed by atoms with Crippen LogP contribution in [0.1, 0.15) is 55.6 Å². The molecule has 0 amide bonds. The van der Waals surface area contributed by atoms with Crippen molar-refractivity contribution in [3.05, 3.63) is 77.9 Å². The Bertz CT molecular complexity index is 1100. The number of aryl methyl sites for hydroxylation is 1. The summed E-state index contributed by atoms with van der Waals surface area (Å²) in [6, 6.07) is 11.0. The second-order valence-electron chi connectivity index (χ2n) is 9.70. The molecule has 184 valence electrons. The van der Waals surface area contributed by atoms with E-state index in [1.165, 1.54) is 23.8 Å². The lowest BCUT2D eigenvalue weighted by Crippen LogP contribution is -2.41. The Balaban J connectivity index is 1.25. The zero-order valence-electron chi connectivity index (χ0n) is 19.5. The van der Waals surface area contributed by atoms with Gasteiger partial charge in [-0.05, 0) is 98.7 Å². The summed E-state index contributed by atoms with van der Waals surface area (Å²) >= 11 is 0. The van der Waals surface area contributed by atoms with Crippen molar-refractivity contribution in [3.8, 4) is 0 Å². The largest absolute Gasteiger partial charge is 0.313 e. The molecule has 0 aliphatic heterocycles. The lowest BCUT2D eigenvalue weighted by molar-refractivity contribution is 0.252. The van der Waals surface area contributed by atoms with Gasteiger partial charge in [0.2, 0.25) is 10.0 Å². The van der Waals surface area contributed by atoms with Gasteiger partial charge in [-0.25, -0.2) is 21.9 Å². The molecule has 2 aliphatic rings. The van der Waals surface area contributed by atoms with Crippen LogP contribution in [-0.4, -0.2) is 27.5 Å². The molecular formula is C27H34F2N2O2S. The fraction of sp³-hybridized carbons (Fsp3) is 0.481. The number of nitrogens with one attached hydrogen (secondary N) is 2. The molecule has 0 saturated heterocycles. The minimum atomic E-state index is -3.84. The molecule has 2 unspecified atom stereocenters. The lowest BCUT2D eigenvalue weighted by Gasteiger charge is -2.36. The monoisotopic (exact) mass is 488 g/mol. The third-order valence-corrected chi connectivity index (χ3v) is 8.92. The number of hydrogen-bond acceptors (Lipinski definition) is 3. The SMILES string of the molecule is C=CCC1c2ccc(F)cc2CCC1NCC1CCC(CNS(=O)(=O)c2ccccc2F)CC1. The molecule has 34 heavy (non-hydrogen) atoms. The van der Waals surface area contributed by atoms with Crippen LogP contribution in [0.5, 0.6) is 0 Å². The van der Waals surface area contributed by atoms with Gasteiger partial charge in [0, 0.05) is 18.5 Å². The van der Waals surface area contributed by atoms with E-state index in [9.17, 15) is 17.2 Å². The molecular weight excluding hydrogens is 454 g/mol. The van der Waals surface area contributed by atoms with Crippen molar-refractivity contribution in [1.29, 1.82) is 0 Å². The van der Waals surface area contributed by atoms with Crippen LogP contribution in [0.25, 0.3) is 0 Å². The van der Waals surface area contributed by atoms with Crippen LogP contribution in [0.2, 0.25) is 0 Å². The van der Waals surface area contributed by atoms with E-state index in [2.05, 4.69) is 16.6 Å². The second kappa shape index (κ2) is 11.1. The lowest BCUT2D eigenvalue weighted by atomic mass is 9.77. The fourth-order valence-corrected chi connectivity index (χ4v) is 6.72. The normalized spacial score (nSPS) is 25.0. The number of halogens is 2. The van der Waals surface area contributed by atoms with Crippen LogP contribution in [0.3, 0.4) is 0 Å². The van der Waals surface area contributed by atoms with Crippen LogP contribution in [-0.2, 0) is 16.4 Å². The van der Waals surface area contributed by atoms with Gasteiger partial charge < -0.3 is 5.32 Å². The number of sulfonamides is 1. The molecule has 7 heteroatoms. The summed E-state index contributed by atoms with van der Waals surface area (Å²) in [7, 11) is -3.84. The Morgan fingerprint density at radius 2 is 1.68 bits per heavy atom. The molecule has 0 radical (unpaired) electrons. The molecule has 4 rings (SSSR count). The zero-order valence-corrected chi connectivity index (χ0v) is 20.3. The molecule has 2 N–H and O–H groups in total. The Labute approximate surface area is 201 Å². The van der Waals surface area contributed by atoms with Crippen molar-refractivity contribution in [3.63, 3.8) is 0 Å². The van der Waals surface area contributed by atoms with E-state index in [-0.39, 0.29) is 16.6 Å². The minimum Gasteiger partial charge on any atom is -0.313 e. The van der Waals surface area contributed by atoms with Crippen LogP contribution < -0.4 is 10.0 Å². The average molecular weight is 489 g/mol. The summed E-state index contributed by atoms with van der Waals surface area (Å²) in [5, 5.41) is 3.79. The zero-order chi connectivity index (χ0) is 24.1. The van der Waals surface area contributed by atoms with Gasteiger partial charge in [-0.1, -0.05) is 24.3 Å². The minimum absolute atomic E-state index is 0.171. The molecule has 1 fully saturated rings. The van der Waals surface area contributed by atoms with Gasteiger partial charge >= 0.3 is 0 Å². The highest BCUT2D eigenvalue weighted by atomic mass is 32.2. The van der Waals surface area contributed by atoms with E-state index in [1.54, 1.807) is 12.1 Å². The maximum atomic E-state index is 13.9. The van der Waals surface area contributed by atoms with Crippen molar-refractivity contribution in [1.82, 2.24) is 10.0 Å². The van der Waals surface area contributed by atoms with Gasteiger partial charge in [0.05, 0.1) is 0 Å². The van der Waals surface area contributed by atoms with E-state index in [0.717, 1.165) is 63.1 Å². The second-order valence-corrected chi connectivity index (χ2v) is 11.4. The molecule has 4 nitrogen and oxygen atoms in total. The molecule has 2 aromatic rings. The molecule has 2 aromatic carbocycles. The van der Waals surface area contributed by atoms with Gasteiger partial charge in [0.1, 0.15) is 16.5 Å². The highest BCUT2D eigenvalue weighted by molar-refractivity contribution is 7.89. The van der Waals surface area contributed by atoms with Gasteiger partial charge in [-0.2, -0.15) is 0 Å². The smallest absolute Gasteiger partial charge is 0.243 e. The molecule has 1 saturated carbocycles. The first kappa shape index (κ1) is 25.0. The van der Waals surface area contributed by atoms with Crippen LogP contribution in [0.4, 0.5) is 8.78 Å². The molecule has 0 aromatic heterocycles. The summed E-state index contributed by atoms with van der Waals surface area (Å²) in [6.45, 7) is 5.20. The van der Waals surface area contributed by atoms with Gasteiger partial charge in [-0.3, -0.25) is 0 Å². The Morgan fingerprint density at radius 1 is 0.971 bits per heavy atom. The van der Waals surface area contributed by atoms with E-state index >= 15 is 0 Å². The van der Waals surface area contributed by atoms with Gasteiger partial charge in [0.15, 0.2) is 0 Å². The number of rotatable bonds is 9. The molecule has 0 bridgehead atoms. The third-order valence-electron chi connectivity index (χ3n) is 7.46. The Kier molecular flexibility index (Phi) is 8.17. The van der Waals surface area contributed by atoms with E-state index in [4.69, 9.17) is 0 Å². The maximum Gasteiger partial charge on any atom is 0.243 e. The third kappa shape index (κ3) is 5.93. The predicted molar refractivity (Wildman–Crippen MR) is 131 cm³/mol. The van der Waals surface area contributed by atoms with Crippen molar-refractivity contribution < 1.29 is 17.2 Å². The van der Waals surface area contributed by atoms with Gasteiger partial charge in [0.25, 0.3) is 0 Å². The standard InChI is InChI=1S/C27H34F2N2O2S/c1-2-5-24-23-14-13-22(28)16-21(23)12-15-26(24)30-17-19-8-10-20(11-9-19)18-31-34(32,33)27-7-4-3-6-25(27)29/h2-4,6-7,13-14,16,19-20,24,26,30-31H,1,5,8-12,15,17-18H2. The van der Waals surface area contributed by atoms with Crippen LogP contribution in [0.15, 0.2) is 60.0 Å². The highest BCUT2D eigenvalue weighted by Crippen LogP contribution is 2.36. The predicted octanol–water partition coefficient (Wildman–Crippen LogP) is 5.31. The van der Waals surface area contributed by atoms with E-state index < -0.39 is 15.8 Å². The van der Waals surface area contributed by atoms with Crippen LogP contribution >= 0.6 is 0 Å². The van der Waals surface area contributed by atoms with Crippen LogP contribution in [0, 0.1) is 23.5 Å². The summed E-state index contributed by atoms with van der Waals surface area (Å²) in [5.74, 6) is 0.234. The molecule has 0 heterocycles. The Morgan fingerprint density at radius 3 is 2.38 bits per heavy atom. The first-order valence-electron chi connectivity index (χ1n) is 12.2. The van der Waals surface area contributed by atoms with Gasteiger partial charge in [-0.15, -0.1) is 6.58 Å². The fourth-order valence-electron chi connectivity index (χ4n) is 5.52.